The summed E-state index contributed by atoms with van der Waals surface area (Å²) in [5, 5.41) is 152. The fourth-order valence-electron chi connectivity index (χ4n) is 1.26. The summed E-state index contributed by atoms with van der Waals surface area (Å²) in [6, 6.07) is 15.0. The van der Waals surface area contributed by atoms with Gasteiger partial charge in [0.1, 0.15) is 0 Å². The summed E-state index contributed by atoms with van der Waals surface area (Å²) in [6.07, 6.45) is 5.82. The first-order valence-electron chi connectivity index (χ1n) is 11.1. The van der Waals surface area contributed by atoms with Crippen molar-refractivity contribution in [3.05, 3.63) is 0 Å². The summed E-state index contributed by atoms with van der Waals surface area (Å²) in [6.45, 7) is 0. The van der Waals surface area contributed by atoms with Gasteiger partial charge < -0.3 is 10.2 Å². The number of carboxylic acids is 2. The summed E-state index contributed by atoms with van der Waals surface area (Å²) >= 11 is 0. The maximum Gasteiger partial charge on any atom is 0.303 e. The summed E-state index contributed by atoms with van der Waals surface area (Å²) in [5.41, 5.74) is 0. The molecule has 28 heteroatoms. The summed E-state index contributed by atoms with van der Waals surface area (Å²) in [7, 11) is 0. The number of rotatable bonds is 9. The van der Waals surface area contributed by atoms with Gasteiger partial charge in [0.05, 0.1) is 72.1 Å². The average molecular weight is 707 g/mol. The van der Waals surface area contributed by atoms with Crippen LogP contribution in [0.1, 0.15) is 51.4 Å². The number of unbranched alkanes of at least 4 members (excludes halogenated alkanes) is 5. The molecule has 0 aliphatic carbocycles. The first kappa shape index (κ1) is 83.8. The SMILES string of the molecule is N=C=N.N=C=N.N=C=N.N=C=N.N=C=N.N=C=N.N=C=N.N=C=N.N=C=N.N=C=N.N=C=N.N=C=N.O=C(O)CCCCCCCCC(=O)O. The molecule has 0 saturated carbocycles. The van der Waals surface area contributed by atoms with E-state index in [0.29, 0.717) is 0 Å². The minimum Gasteiger partial charge on any atom is -0.481 e. The Balaban J connectivity index is -0.0000000293. The molecule has 0 aromatic heterocycles. The first-order chi connectivity index (χ1) is 23.6. The lowest BCUT2D eigenvalue weighted by molar-refractivity contribution is -0.138. The maximum atomic E-state index is 10.1. The molecule has 0 aliphatic rings. The van der Waals surface area contributed by atoms with Gasteiger partial charge in [-0.05, 0) is 12.8 Å². The second-order valence-corrected chi connectivity index (χ2v) is 4.91. The normalized spacial score (nSPS) is 4.72. The Bertz CT molecular complexity index is 860. The van der Waals surface area contributed by atoms with Crippen LogP contribution in [0.15, 0.2) is 0 Å². The number of nitrogens with one attached hydrogen (secondary N) is 24. The Morgan fingerprint density at radius 3 is 0.420 bits per heavy atom. The van der Waals surface area contributed by atoms with Crippen molar-refractivity contribution in [3.63, 3.8) is 0 Å². The van der Waals surface area contributed by atoms with E-state index in [1.54, 1.807) is 0 Å². The van der Waals surface area contributed by atoms with Crippen molar-refractivity contribution in [3.8, 4) is 0 Å². The summed E-state index contributed by atoms with van der Waals surface area (Å²) in [5.74, 6) is -1.48. The van der Waals surface area contributed by atoms with E-state index in [0.717, 1.165) is 38.5 Å². The monoisotopic (exact) mass is 706 g/mol. The third kappa shape index (κ3) is 9370. The van der Waals surface area contributed by atoms with Gasteiger partial charge in [-0.15, -0.1) is 0 Å². The van der Waals surface area contributed by atoms with Crippen LogP contribution in [-0.2, 0) is 9.59 Å². The van der Waals surface area contributed by atoms with Gasteiger partial charge in [-0.25, -0.2) is 130 Å². The van der Waals surface area contributed by atoms with Gasteiger partial charge in [0.2, 0.25) is 0 Å². The van der Waals surface area contributed by atoms with E-state index < -0.39 is 11.9 Å². The zero-order valence-corrected chi connectivity index (χ0v) is 26.4. The molecule has 0 radical (unpaired) electrons. The fraction of sp³-hybridized carbons (Fsp3) is 0.364. The Kier molecular flexibility index (Phi) is 346. The predicted octanol–water partition coefficient (Wildman–Crippen LogP) is 6.09. The number of carboxylic acid groups (broad SMARTS) is 2. The molecule has 0 aromatic carbocycles. The highest BCUT2D eigenvalue weighted by atomic mass is 16.4. The smallest absolute Gasteiger partial charge is 0.303 e. The van der Waals surface area contributed by atoms with Gasteiger partial charge in [-0.1, -0.05) is 25.7 Å². The van der Waals surface area contributed by atoms with Crippen molar-refractivity contribution < 1.29 is 19.8 Å². The van der Waals surface area contributed by atoms with Gasteiger partial charge in [0.25, 0.3) is 0 Å². The Morgan fingerprint density at radius 2 is 0.340 bits per heavy atom. The fourth-order valence-corrected chi connectivity index (χ4v) is 1.26. The third-order valence-corrected chi connectivity index (χ3v) is 2.03. The molecule has 50 heavy (non-hydrogen) atoms. The summed E-state index contributed by atoms with van der Waals surface area (Å²) in [4.78, 5) is 20.3. The Labute approximate surface area is 285 Å². The molecule has 0 saturated heterocycles. The third-order valence-electron chi connectivity index (χ3n) is 2.03. The van der Waals surface area contributed by atoms with Crippen molar-refractivity contribution >= 4 is 84.0 Å². The first-order valence-corrected chi connectivity index (χ1v) is 11.1. The number of aliphatic carboxylic acids is 2. The van der Waals surface area contributed by atoms with Crippen LogP contribution in [0, 0.1) is 130 Å². The van der Waals surface area contributed by atoms with Gasteiger partial charge in [-0.3, -0.25) is 9.59 Å². The number of carbonyl (C=O) groups is 2. The number of hydrogen-bond donors (Lipinski definition) is 26. The zero-order chi connectivity index (χ0) is 43.3. The van der Waals surface area contributed by atoms with Crippen molar-refractivity contribution in [2.24, 2.45) is 0 Å². The molecule has 0 amide bonds. The lowest BCUT2D eigenvalue weighted by Crippen LogP contribution is -1.94. The van der Waals surface area contributed by atoms with Crippen LogP contribution < -0.4 is 0 Å². The van der Waals surface area contributed by atoms with Crippen LogP contribution in [0.25, 0.3) is 0 Å². The molecule has 0 spiro atoms. The van der Waals surface area contributed by atoms with Crippen LogP contribution in [0.5, 0.6) is 0 Å². The molecule has 0 rings (SSSR count). The molecule has 0 unspecified atom stereocenters. The van der Waals surface area contributed by atoms with Gasteiger partial charge in [0.15, 0.2) is 0 Å². The Hall–Kier alpha value is -8.50. The van der Waals surface area contributed by atoms with Gasteiger partial charge >= 0.3 is 11.9 Å². The second kappa shape index (κ2) is 206. The van der Waals surface area contributed by atoms with Crippen LogP contribution in [0.2, 0.25) is 0 Å². The topological polar surface area (TPSA) is 647 Å². The van der Waals surface area contributed by atoms with Crippen LogP contribution >= 0.6 is 0 Å². The molecule has 0 aliphatic heterocycles. The molecule has 0 aromatic rings. The van der Waals surface area contributed by atoms with E-state index in [2.05, 4.69) is 0 Å². The highest BCUT2D eigenvalue weighted by Gasteiger charge is 1.98. The highest BCUT2D eigenvalue weighted by molar-refractivity contribution is 5.66. The predicted molar refractivity (Wildman–Crippen MR) is 178 cm³/mol. The maximum absolute atomic E-state index is 10.1. The van der Waals surface area contributed by atoms with E-state index in [4.69, 9.17) is 140 Å². The Morgan fingerprint density at radius 1 is 0.260 bits per heavy atom. The van der Waals surface area contributed by atoms with Gasteiger partial charge in [-0.2, -0.15) is 0 Å². The van der Waals surface area contributed by atoms with Crippen molar-refractivity contribution in [2.45, 2.75) is 51.4 Å². The largest absolute Gasteiger partial charge is 0.481 e. The van der Waals surface area contributed by atoms with E-state index in [1.165, 1.54) is 72.1 Å². The number of hydrogen-bond acceptors (Lipinski definition) is 26. The molecule has 0 heterocycles. The van der Waals surface area contributed by atoms with Crippen molar-refractivity contribution in [2.75, 3.05) is 0 Å². The van der Waals surface area contributed by atoms with Crippen molar-refractivity contribution in [1.29, 1.82) is 130 Å². The minimum atomic E-state index is -0.740. The zero-order valence-electron chi connectivity index (χ0n) is 26.4. The molecule has 28 nitrogen and oxygen atoms in total. The van der Waals surface area contributed by atoms with Crippen LogP contribution in [0.3, 0.4) is 0 Å². The molecule has 0 fully saturated rings. The lowest BCUT2D eigenvalue weighted by Gasteiger charge is -1.98. The molecule has 26 N–H and O–H groups in total. The molecular weight excluding hydrogens is 664 g/mol. The van der Waals surface area contributed by atoms with Gasteiger partial charge in [0, 0.05) is 12.8 Å². The summed E-state index contributed by atoms with van der Waals surface area (Å²) < 4.78 is 0. The van der Waals surface area contributed by atoms with E-state index in [9.17, 15) is 9.59 Å². The van der Waals surface area contributed by atoms with E-state index in [1.807, 2.05) is 0 Å². The van der Waals surface area contributed by atoms with Crippen LogP contribution in [-0.4, -0.2) is 94.3 Å². The second-order valence-electron chi connectivity index (χ2n) is 4.91. The molecule has 0 bridgehead atoms. The van der Waals surface area contributed by atoms with E-state index >= 15 is 0 Å². The molecule has 274 valence electrons. The standard InChI is InChI=1S/C10H18O4.12CH2N2/c11-9(12)7-5-3-1-2-4-6-8-10(13)14;12*2-1-3/h1-8H2,(H,11,12)(H,13,14);12*2-3H. The quantitative estimate of drug-likeness (QED) is 0.0998. The lowest BCUT2D eigenvalue weighted by atomic mass is 10.1. The van der Waals surface area contributed by atoms with E-state index in [-0.39, 0.29) is 12.8 Å². The minimum absolute atomic E-state index is 0.245. The molecular formula is C22H42N24O4. The molecule has 0 atom stereocenters. The van der Waals surface area contributed by atoms with Crippen molar-refractivity contribution in [1.82, 2.24) is 0 Å². The highest BCUT2D eigenvalue weighted by Crippen LogP contribution is 2.08. The average Bonchev–Trinajstić information content (AvgIpc) is 2.99. The van der Waals surface area contributed by atoms with Crippen LogP contribution in [0.4, 0.5) is 0 Å².